The van der Waals surface area contributed by atoms with Crippen LogP contribution in [0.4, 0.5) is 13.2 Å². The fourth-order valence-electron chi connectivity index (χ4n) is 3.51. The molecule has 0 spiro atoms. The first-order valence-electron chi connectivity index (χ1n) is 9.89. The molecule has 4 rings (SSSR count). The molecule has 1 unspecified atom stereocenters. The van der Waals surface area contributed by atoms with E-state index in [2.05, 4.69) is 4.98 Å². The molecular formula is C24H19F3N2O3S. The first-order valence-corrected chi connectivity index (χ1v) is 11.4. The molecule has 0 bridgehead atoms. The third kappa shape index (κ3) is 4.29. The molecular weight excluding hydrogens is 453 g/mol. The maximum Gasteiger partial charge on any atom is 0.416 e. The first kappa shape index (κ1) is 22.8. The number of nitrogens with two attached hydrogens (primary N) is 1. The van der Waals surface area contributed by atoms with Gasteiger partial charge in [0.2, 0.25) is 20.8 Å². The summed E-state index contributed by atoms with van der Waals surface area (Å²) < 4.78 is 73.5. The average Bonchev–Trinajstić information content (AvgIpc) is 3.25. The van der Waals surface area contributed by atoms with Crippen LogP contribution >= 0.6 is 0 Å². The molecule has 0 saturated heterocycles. The summed E-state index contributed by atoms with van der Waals surface area (Å²) in [5.74, 6) is -0.411. The smallest absolute Gasteiger partial charge is 0.416 e. The molecule has 170 valence electrons. The Morgan fingerprint density at radius 2 is 1.52 bits per heavy atom. The zero-order chi connectivity index (χ0) is 23.8. The molecule has 3 aromatic carbocycles. The third-order valence-electron chi connectivity index (χ3n) is 5.19. The minimum absolute atomic E-state index is 0.0439. The van der Waals surface area contributed by atoms with Gasteiger partial charge in [0.25, 0.3) is 0 Å². The Kier molecular flexibility index (Phi) is 5.85. The Balaban J connectivity index is 1.96. The van der Waals surface area contributed by atoms with Gasteiger partial charge in [-0.05, 0) is 42.3 Å². The standard InChI is InChI=1S/C24H19F3N2O3S/c1-15-9-5-6-12-17(15)22-29-23(33(30,31)16-10-3-2-4-11-16)21(32-22)20(28)18-13-7-8-14-19(18)24(25,26)27/h2-14,20H,28H2,1H3. The lowest BCUT2D eigenvalue weighted by Gasteiger charge is -2.17. The molecule has 5 nitrogen and oxygen atoms in total. The molecule has 2 N–H and O–H groups in total. The Bertz CT molecular complexity index is 1400. The van der Waals surface area contributed by atoms with E-state index in [4.69, 9.17) is 10.2 Å². The van der Waals surface area contributed by atoms with Crippen molar-refractivity contribution in [3.05, 3.63) is 101 Å². The van der Waals surface area contributed by atoms with Gasteiger partial charge in [-0.25, -0.2) is 8.42 Å². The summed E-state index contributed by atoms with van der Waals surface area (Å²) in [4.78, 5) is 4.14. The summed E-state index contributed by atoms with van der Waals surface area (Å²) in [7, 11) is -4.24. The number of hydrogen-bond acceptors (Lipinski definition) is 5. The monoisotopic (exact) mass is 472 g/mol. The molecule has 1 aromatic heterocycles. The lowest BCUT2D eigenvalue weighted by atomic mass is 9.99. The summed E-state index contributed by atoms with van der Waals surface area (Å²) in [5, 5.41) is -0.517. The van der Waals surface area contributed by atoms with E-state index in [1.165, 1.54) is 42.5 Å². The molecule has 0 radical (unpaired) electrons. The molecule has 0 aliphatic carbocycles. The summed E-state index contributed by atoms with van der Waals surface area (Å²) >= 11 is 0. The van der Waals surface area contributed by atoms with E-state index >= 15 is 0 Å². The number of benzene rings is 3. The van der Waals surface area contributed by atoms with Crippen LogP contribution in [0.2, 0.25) is 0 Å². The van der Waals surface area contributed by atoms with Crippen molar-refractivity contribution < 1.29 is 26.0 Å². The number of alkyl halides is 3. The minimum atomic E-state index is -4.69. The zero-order valence-corrected chi connectivity index (χ0v) is 18.2. The van der Waals surface area contributed by atoms with Crippen LogP contribution in [-0.2, 0) is 16.0 Å². The highest BCUT2D eigenvalue weighted by Gasteiger charge is 2.38. The molecule has 0 aliphatic rings. The molecule has 0 amide bonds. The van der Waals surface area contributed by atoms with Crippen LogP contribution in [0.5, 0.6) is 0 Å². The van der Waals surface area contributed by atoms with Crippen LogP contribution < -0.4 is 5.73 Å². The van der Waals surface area contributed by atoms with Crippen molar-refractivity contribution in [1.82, 2.24) is 4.98 Å². The van der Waals surface area contributed by atoms with Crippen molar-refractivity contribution in [2.45, 2.75) is 29.1 Å². The molecule has 0 saturated carbocycles. The number of oxazole rings is 1. The molecule has 9 heteroatoms. The molecule has 1 heterocycles. The molecule has 4 aromatic rings. The normalized spacial score (nSPS) is 13.1. The van der Waals surface area contributed by atoms with Crippen molar-refractivity contribution in [2.24, 2.45) is 5.73 Å². The Hall–Kier alpha value is -3.43. The second-order valence-electron chi connectivity index (χ2n) is 7.38. The van der Waals surface area contributed by atoms with Crippen LogP contribution in [0.1, 0.15) is 28.5 Å². The third-order valence-corrected chi connectivity index (χ3v) is 6.88. The van der Waals surface area contributed by atoms with Gasteiger partial charge in [0, 0.05) is 5.56 Å². The van der Waals surface area contributed by atoms with Gasteiger partial charge in [0.05, 0.1) is 16.5 Å². The van der Waals surface area contributed by atoms with Crippen molar-refractivity contribution in [3.63, 3.8) is 0 Å². The van der Waals surface area contributed by atoms with Gasteiger partial charge >= 0.3 is 6.18 Å². The van der Waals surface area contributed by atoms with Gasteiger partial charge in [-0.1, -0.05) is 54.6 Å². The van der Waals surface area contributed by atoms with Crippen molar-refractivity contribution in [3.8, 4) is 11.5 Å². The summed E-state index contributed by atoms with van der Waals surface area (Å²) in [5.41, 5.74) is 6.18. The van der Waals surface area contributed by atoms with Gasteiger partial charge in [-0.3, -0.25) is 0 Å². The van der Waals surface area contributed by atoms with E-state index in [1.807, 2.05) is 0 Å². The second kappa shape index (κ2) is 8.49. The molecule has 0 fully saturated rings. The number of halogens is 3. The van der Waals surface area contributed by atoms with Gasteiger partial charge < -0.3 is 10.2 Å². The van der Waals surface area contributed by atoms with Crippen LogP contribution in [0.15, 0.2) is 93.2 Å². The van der Waals surface area contributed by atoms with E-state index in [0.29, 0.717) is 5.56 Å². The fraction of sp³-hybridized carbons (Fsp3) is 0.125. The number of hydrogen-bond donors (Lipinski definition) is 1. The van der Waals surface area contributed by atoms with E-state index < -0.39 is 32.6 Å². The van der Waals surface area contributed by atoms with E-state index in [0.717, 1.165) is 11.6 Å². The van der Waals surface area contributed by atoms with Gasteiger partial charge in [-0.15, -0.1) is 0 Å². The van der Waals surface area contributed by atoms with Crippen molar-refractivity contribution in [1.29, 1.82) is 0 Å². The first-order chi connectivity index (χ1) is 15.6. The van der Waals surface area contributed by atoms with Crippen LogP contribution in [-0.4, -0.2) is 13.4 Å². The quantitative estimate of drug-likeness (QED) is 0.412. The van der Waals surface area contributed by atoms with E-state index in [1.54, 1.807) is 37.3 Å². The number of aromatic nitrogens is 1. The Morgan fingerprint density at radius 3 is 2.18 bits per heavy atom. The predicted molar refractivity (Wildman–Crippen MR) is 116 cm³/mol. The van der Waals surface area contributed by atoms with Gasteiger partial charge in [-0.2, -0.15) is 18.2 Å². The summed E-state index contributed by atoms with van der Waals surface area (Å²) in [6.07, 6.45) is -4.69. The highest BCUT2D eigenvalue weighted by atomic mass is 32.2. The maximum absolute atomic E-state index is 13.6. The Labute approximate surface area is 188 Å². The SMILES string of the molecule is Cc1ccccc1-c1nc(S(=O)(=O)c2ccccc2)c(C(N)c2ccccc2C(F)(F)F)o1. The topological polar surface area (TPSA) is 86.2 Å². The van der Waals surface area contributed by atoms with Crippen molar-refractivity contribution in [2.75, 3.05) is 0 Å². The number of nitrogens with zero attached hydrogens (tertiary/aromatic N) is 1. The van der Waals surface area contributed by atoms with Crippen LogP contribution in [0.25, 0.3) is 11.5 Å². The van der Waals surface area contributed by atoms with Crippen LogP contribution in [0, 0.1) is 6.92 Å². The number of rotatable bonds is 5. The highest BCUT2D eigenvalue weighted by molar-refractivity contribution is 7.91. The Morgan fingerprint density at radius 1 is 0.909 bits per heavy atom. The number of sulfone groups is 1. The van der Waals surface area contributed by atoms with E-state index in [-0.39, 0.29) is 22.1 Å². The van der Waals surface area contributed by atoms with Gasteiger partial charge in [0.15, 0.2) is 5.76 Å². The lowest BCUT2D eigenvalue weighted by Crippen LogP contribution is -2.20. The van der Waals surface area contributed by atoms with Crippen molar-refractivity contribution >= 4 is 9.84 Å². The highest BCUT2D eigenvalue weighted by Crippen LogP contribution is 2.39. The summed E-state index contributed by atoms with van der Waals surface area (Å²) in [6.45, 7) is 1.78. The van der Waals surface area contributed by atoms with Crippen LogP contribution in [0.3, 0.4) is 0 Å². The van der Waals surface area contributed by atoms with Gasteiger partial charge in [0.1, 0.15) is 0 Å². The average molecular weight is 472 g/mol. The molecule has 0 aliphatic heterocycles. The largest absolute Gasteiger partial charge is 0.438 e. The number of aryl methyl sites for hydroxylation is 1. The zero-order valence-electron chi connectivity index (χ0n) is 17.4. The summed E-state index contributed by atoms with van der Waals surface area (Å²) in [6, 6.07) is 17.6. The predicted octanol–water partition coefficient (Wildman–Crippen LogP) is 5.55. The fourth-order valence-corrected chi connectivity index (χ4v) is 4.89. The minimum Gasteiger partial charge on any atom is -0.438 e. The maximum atomic E-state index is 13.6. The second-order valence-corrected chi connectivity index (χ2v) is 9.25. The molecule has 33 heavy (non-hydrogen) atoms. The van der Waals surface area contributed by atoms with E-state index in [9.17, 15) is 21.6 Å². The molecule has 1 atom stereocenters. The lowest BCUT2D eigenvalue weighted by molar-refractivity contribution is -0.138.